The second kappa shape index (κ2) is 7.91. The van der Waals surface area contributed by atoms with Gasteiger partial charge in [0.1, 0.15) is 5.56 Å². The van der Waals surface area contributed by atoms with Crippen molar-refractivity contribution in [1.29, 1.82) is 0 Å². The van der Waals surface area contributed by atoms with Crippen LogP contribution in [0.25, 0.3) is 0 Å². The minimum Gasteiger partial charge on any atom is -0.474 e. The number of aromatic nitrogens is 2. The fraction of sp³-hybridized carbons (Fsp3) is 0.412. The molecule has 0 fully saturated rings. The summed E-state index contributed by atoms with van der Waals surface area (Å²) in [6.45, 7) is 5.84. The lowest BCUT2D eigenvalue weighted by Gasteiger charge is -2.23. The topological polar surface area (TPSA) is 38.2 Å². The highest BCUT2D eigenvalue weighted by molar-refractivity contribution is 6.30. The molecule has 0 spiro atoms. The van der Waals surface area contributed by atoms with E-state index in [1.165, 1.54) is 0 Å². The van der Waals surface area contributed by atoms with Crippen LogP contribution in [-0.2, 0) is 6.18 Å². The average molecular weight is 374 g/mol. The Balaban J connectivity index is 2.46. The standard InChI is InChI=1S/C17H19ClF3N3O/c1-4-11(3)25-15-14(17(19,20)21)10-22-16(23-15)24(5-2)13-8-6-12(18)7-9-13/h6-11H,4-5H2,1-3H3. The Kier molecular flexibility index (Phi) is 6.11. The van der Waals surface area contributed by atoms with Crippen LogP contribution in [0.15, 0.2) is 30.5 Å². The highest BCUT2D eigenvalue weighted by Gasteiger charge is 2.37. The average Bonchev–Trinajstić information content (AvgIpc) is 2.56. The molecule has 0 saturated heterocycles. The van der Waals surface area contributed by atoms with E-state index in [-0.39, 0.29) is 5.95 Å². The van der Waals surface area contributed by atoms with Gasteiger partial charge in [0.05, 0.1) is 6.10 Å². The second-order valence-corrected chi connectivity index (χ2v) is 5.88. The zero-order chi connectivity index (χ0) is 18.6. The third-order valence-corrected chi connectivity index (χ3v) is 3.88. The largest absolute Gasteiger partial charge is 0.474 e. The number of hydrogen-bond acceptors (Lipinski definition) is 4. The van der Waals surface area contributed by atoms with Crippen LogP contribution < -0.4 is 9.64 Å². The maximum atomic E-state index is 13.2. The highest BCUT2D eigenvalue weighted by Crippen LogP contribution is 2.36. The van der Waals surface area contributed by atoms with Crippen LogP contribution >= 0.6 is 11.6 Å². The molecule has 0 radical (unpaired) electrons. The molecular weight excluding hydrogens is 355 g/mol. The van der Waals surface area contributed by atoms with E-state index in [1.807, 2.05) is 13.8 Å². The first kappa shape index (κ1) is 19.3. The van der Waals surface area contributed by atoms with E-state index in [0.29, 0.717) is 18.0 Å². The van der Waals surface area contributed by atoms with Crippen molar-refractivity contribution in [2.24, 2.45) is 0 Å². The Hall–Kier alpha value is -2.02. The number of nitrogens with zero attached hydrogens (tertiary/aromatic N) is 3. The van der Waals surface area contributed by atoms with Crippen LogP contribution in [0.4, 0.5) is 24.8 Å². The van der Waals surface area contributed by atoms with Gasteiger partial charge in [0, 0.05) is 23.5 Å². The molecule has 0 N–H and O–H groups in total. The summed E-state index contributed by atoms with van der Waals surface area (Å²) in [5, 5.41) is 0.564. The van der Waals surface area contributed by atoms with Gasteiger partial charge in [0.2, 0.25) is 11.8 Å². The molecule has 1 heterocycles. The summed E-state index contributed by atoms with van der Waals surface area (Å²) >= 11 is 5.88. The summed E-state index contributed by atoms with van der Waals surface area (Å²) in [7, 11) is 0. The quantitative estimate of drug-likeness (QED) is 0.671. The number of anilines is 2. The van der Waals surface area contributed by atoms with Crippen LogP contribution in [0, 0.1) is 0 Å². The third-order valence-electron chi connectivity index (χ3n) is 3.63. The van der Waals surface area contributed by atoms with Gasteiger partial charge in [0.25, 0.3) is 0 Å². The van der Waals surface area contributed by atoms with Crippen LogP contribution in [0.1, 0.15) is 32.8 Å². The van der Waals surface area contributed by atoms with Crippen LogP contribution in [-0.4, -0.2) is 22.6 Å². The molecule has 25 heavy (non-hydrogen) atoms. The third kappa shape index (κ3) is 4.75. The fourth-order valence-corrected chi connectivity index (χ4v) is 2.23. The van der Waals surface area contributed by atoms with Crippen LogP contribution in [0.2, 0.25) is 5.02 Å². The van der Waals surface area contributed by atoms with E-state index >= 15 is 0 Å². The van der Waals surface area contributed by atoms with Crippen molar-refractivity contribution in [3.05, 3.63) is 41.0 Å². The predicted molar refractivity (Wildman–Crippen MR) is 91.5 cm³/mol. The first-order valence-corrected chi connectivity index (χ1v) is 8.28. The molecule has 8 heteroatoms. The molecule has 0 saturated carbocycles. The smallest absolute Gasteiger partial charge is 0.423 e. The van der Waals surface area contributed by atoms with Gasteiger partial charge < -0.3 is 9.64 Å². The van der Waals surface area contributed by atoms with Crippen molar-refractivity contribution >= 4 is 23.2 Å². The molecule has 1 aromatic carbocycles. The minimum absolute atomic E-state index is 0.135. The van der Waals surface area contributed by atoms with Gasteiger partial charge in [0.15, 0.2) is 0 Å². The van der Waals surface area contributed by atoms with Crippen molar-refractivity contribution < 1.29 is 17.9 Å². The molecule has 1 aromatic heterocycles. The lowest BCUT2D eigenvalue weighted by atomic mass is 10.2. The van der Waals surface area contributed by atoms with Crippen molar-refractivity contribution in [3.8, 4) is 5.88 Å². The summed E-state index contributed by atoms with van der Waals surface area (Å²) in [5.41, 5.74) is -0.259. The first-order chi connectivity index (χ1) is 11.8. The monoisotopic (exact) mass is 373 g/mol. The van der Waals surface area contributed by atoms with Gasteiger partial charge in [-0.1, -0.05) is 18.5 Å². The predicted octanol–water partition coefficient (Wildman–Crippen LogP) is 5.48. The van der Waals surface area contributed by atoms with Crippen molar-refractivity contribution in [2.75, 3.05) is 11.4 Å². The number of hydrogen-bond donors (Lipinski definition) is 0. The summed E-state index contributed by atoms with van der Waals surface area (Å²) < 4.78 is 45.0. The Morgan fingerprint density at radius 1 is 1.20 bits per heavy atom. The van der Waals surface area contributed by atoms with E-state index in [1.54, 1.807) is 36.1 Å². The molecule has 0 aliphatic rings. The van der Waals surface area contributed by atoms with Crippen LogP contribution in [0.5, 0.6) is 5.88 Å². The number of rotatable bonds is 6. The van der Waals surface area contributed by atoms with Gasteiger partial charge in [-0.2, -0.15) is 18.2 Å². The molecule has 1 unspecified atom stereocenters. The highest BCUT2D eigenvalue weighted by atomic mass is 35.5. The molecule has 2 aromatic rings. The Labute approximate surface area is 149 Å². The molecule has 2 rings (SSSR count). The number of benzene rings is 1. The molecule has 0 bridgehead atoms. The van der Waals surface area contributed by atoms with E-state index < -0.39 is 23.7 Å². The van der Waals surface area contributed by atoms with Gasteiger partial charge in [-0.05, 0) is 44.5 Å². The maximum absolute atomic E-state index is 13.2. The molecule has 1 atom stereocenters. The van der Waals surface area contributed by atoms with E-state index in [9.17, 15) is 13.2 Å². The Morgan fingerprint density at radius 3 is 2.36 bits per heavy atom. The first-order valence-electron chi connectivity index (χ1n) is 7.90. The van der Waals surface area contributed by atoms with Crippen molar-refractivity contribution in [3.63, 3.8) is 0 Å². The lowest BCUT2D eigenvalue weighted by molar-refractivity contribution is -0.139. The van der Waals surface area contributed by atoms with Crippen LogP contribution in [0.3, 0.4) is 0 Å². The number of halogens is 4. The Bertz CT molecular complexity index is 707. The normalized spacial score (nSPS) is 12.8. The zero-order valence-electron chi connectivity index (χ0n) is 14.1. The summed E-state index contributed by atoms with van der Waals surface area (Å²) in [6, 6.07) is 6.89. The minimum atomic E-state index is -4.58. The molecule has 4 nitrogen and oxygen atoms in total. The van der Waals surface area contributed by atoms with Crippen molar-refractivity contribution in [2.45, 2.75) is 39.5 Å². The zero-order valence-corrected chi connectivity index (χ0v) is 14.9. The van der Waals surface area contributed by atoms with Gasteiger partial charge in [-0.15, -0.1) is 0 Å². The Morgan fingerprint density at radius 2 is 1.84 bits per heavy atom. The van der Waals surface area contributed by atoms with Gasteiger partial charge in [-0.25, -0.2) is 4.98 Å². The van der Waals surface area contributed by atoms with Gasteiger partial charge in [-0.3, -0.25) is 0 Å². The lowest BCUT2D eigenvalue weighted by Crippen LogP contribution is -2.22. The molecule has 0 amide bonds. The molecular formula is C17H19ClF3N3O. The van der Waals surface area contributed by atoms with E-state index in [0.717, 1.165) is 11.9 Å². The second-order valence-electron chi connectivity index (χ2n) is 5.44. The molecule has 0 aliphatic heterocycles. The molecule has 0 aliphatic carbocycles. The molecule has 136 valence electrons. The summed E-state index contributed by atoms with van der Waals surface area (Å²) in [6.07, 6.45) is -3.66. The van der Waals surface area contributed by atoms with E-state index in [2.05, 4.69) is 9.97 Å². The summed E-state index contributed by atoms with van der Waals surface area (Å²) in [5.74, 6) is -0.324. The maximum Gasteiger partial charge on any atom is 0.423 e. The van der Waals surface area contributed by atoms with E-state index in [4.69, 9.17) is 16.3 Å². The SMILES string of the molecule is CCC(C)Oc1nc(N(CC)c2ccc(Cl)cc2)ncc1C(F)(F)F. The number of alkyl halides is 3. The number of ether oxygens (including phenoxy) is 1. The summed E-state index contributed by atoms with van der Waals surface area (Å²) in [4.78, 5) is 9.61. The van der Waals surface area contributed by atoms with Crippen molar-refractivity contribution in [1.82, 2.24) is 9.97 Å². The fourth-order valence-electron chi connectivity index (χ4n) is 2.11. The van der Waals surface area contributed by atoms with Gasteiger partial charge >= 0.3 is 6.18 Å².